The lowest BCUT2D eigenvalue weighted by Gasteiger charge is -2.35. The highest BCUT2D eigenvalue weighted by Crippen LogP contribution is 2.34. The van der Waals surface area contributed by atoms with Crippen molar-refractivity contribution >= 4 is 46.3 Å². The number of thioether (sulfide) groups is 1. The van der Waals surface area contributed by atoms with Gasteiger partial charge < -0.3 is 9.80 Å². The lowest BCUT2D eigenvalue weighted by atomic mass is 10.2. The maximum atomic E-state index is 14.9. The minimum absolute atomic E-state index is 0.152. The average molecular weight is 609 g/mol. The molecule has 0 atom stereocenters. The summed E-state index contributed by atoms with van der Waals surface area (Å²) in [6.45, 7) is 2.04. The largest absolute Gasteiger partial charge is 0.366 e. The van der Waals surface area contributed by atoms with Gasteiger partial charge in [0.1, 0.15) is 22.3 Å². The molecular formula is C29H23ClF2N6OS2. The minimum atomic E-state index is -0.417. The molecule has 2 aromatic heterocycles. The van der Waals surface area contributed by atoms with Gasteiger partial charge in [-0.1, -0.05) is 59.8 Å². The van der Waals surface area contributed by atoms with Gasteiger partial charge in [0.15, 0.2) is 11.0 Å². The fourth-order valence-electron chi connectivity index (χ4n) is 4.65. The molecule has 0 saturated carbocycles. The number of anilines is 1. The second-order valence-corrected chi connectivity index (χ2v) is 11.5. The maximum absolute atomic E-state index is 14.9. The number of piperazine rings is 1. The van der Waals surface area contributed by atoms with Gasteiger partial charge in [0.25, 0.3) is 5.91 Å². The molecule has 0 unspecified atom stereocenters. The Labute approximate surface area is 248 Å². The van der Waals surface area contributed by atoms with Gasteiger partial charge in [0.2, 0.25) is 0 Å². The van der Waals surface area contributed by atoms with Crippen LogP contribution in [0.1, 0.15) is 15.5 Å². The number of amides is 1. The van der Waals surface area contributed by atoms with Crippen molar-refractivity contribution in [3.8, 4) is 17.1 Å². The zero-order valence-electron chi connectivity index (χ0n) is 21.6. The van der Waals surface area contributed by atoms with Crippen molar-refractivity contribution in [1.29, 1.82) is 0 Å². The third-order valence-corrected chi connectivity index (χ3v) is 9.00. The van der Waals surface area contributed by atoms with Gasteiger partial charge in [-0.3, -0.25) is 9.36 Å². The third kappa shape index (κ3) is 5.70. The summed E-state index contributed by atoms with van der Waals surface area (Å²) in [5.74, 6) is 0.000988. The highest BCUT2D eigenvalue weighted by Gasteiger charge is 2.26. The Hall–Kier alpha value is -3.80. The van der Waals surface area contributed by atoms with Crippen LogP contribution >= 0.6 is 34.7 Å². The molecule has 0 spiro atoms. The molecule has 0 radical (unpaired) electrons. The van der Waals surface area contributed by atoms with Gasteiger partial charge >= 0.3 is 0 Å². The Balaban J connectivity index is 1.16. The molecule has 1 saturated heterocycles. The first-order valence-corrected chi connectivity index (χ1v) is 15.0. The molecule has 3 aromatic carbocycles. The number of benzene rings is 3. The number of para-hydroxylation sites is 2. The van der Waals surface area contributed by atoms with E-state index in [-0.39, 0.29) is 11.7 Å². The molecule has 1 fully saturated rings. The van der Waals surface area contributed by atoms with Gasteiger partial charge in [-0.15, -0.1) is 21.5 Å². The third-order valence-electron chi connectivity index (χ3n) is 6.70. The predicted octanol–water partition coefficient (Wildman–Crippen LogP) is 6.58. The summed E-state index contributed by atoms with van der Waals surface area (Å²) in [6, 6.07) is 20.3. The van der Waals surface area contributed by atoms with E-state index in [1.54, 1.807) is 57.3 Å². The van der Waals surface area contributed by atoms with Gasteiger partial charge in [-0.05, 0) is 36.4 Å². The van der Waals surface area contributed by atoms with Gasteiger partial charge in [-0.2, -0.15) is 0 Å². The standard InChI is InChI=1S/C29H23ClF2N6OS2/c30-20-8-2-1-7-19(20)27-34-35-29(38(27)25-12-6-4-10-22(25)32)41-18-26-33-23(17-40-26)28(39)37-15-13-36(14-16-37)24-11-5-3-9-21(24)31/h1-12,17H,13-16,18H2. The first-order valence-electron chi connectivity index (χ1n) is 12.8. The zero-order chi connectivity index (χ0) is 28.3. The summed E-state index contributed by atoms with van der Waals surface area (Å²) >= 11 is 9.16. The van der Waals surface area contributed by atoms with Crippen LogP contribution in [-0.4, -0.2) is 56.7 Å². The number of halogens is 3. The summed E-state index contributed by atoms with van der Waals surface area (Å²) in [7, 11) is 0. The lowest BCUT2D eigenvalue weighted by Crippen LogP contribution is -2.49. The number of hydrogen-bond acceptors (Lipinski definition) is 7. The van der Waals surface area contributed by atoms with Crippen molar-refractivity contribution in [3.05, 3.63) is 106 Å². The number of aromatic nitrogens is 4. The first-order chi connectivity index (χ1) is 20.0. The topological polar surface area (TPSA) is 67.2 Å². The van der Waals surface area contributed by atoms with Crippen LogP contribution in [0.15, 0.2) is 83.3 Å². The Bertz CT molecular complexity index is 1700. The summed E-state index contributed by atoms with van der Waals surface area (Å²) in [4.78, 5) is 21.4. The summed E-state index contributed by atoms with van der Waals surface area (Å²) < 4.78 is 30.7. The van der Waals surface area contributed by atoms with Crippen molar-refractivity contribution in [2.24, 2.45) is 0 Å². The highest BCUT2D eigenvalue weighted by atomic mass is 35.5. The molecule has 3 heterocycles. The maximum Gasteiger partial charge on any atom is 0.273 e. The van der Waals surface area contributed by atoms with Crippen LogP contribution in [0.4, 0.5) is 14.5 Å². The van der Waals surface area contributed by atoms with E-state index in [0.717, 1.165) is 5.01 Å². The number of nitrogens with zero attached hydrogens (tertiary/aromatic N) is 6. The summed E-state index contributed by atoms with van der Waals surface area (Å²) in [5, 5.41) is 12.1. The number of thiazole rings is 1. The molecule has 5 aromatic rings. The van der Waals surface area contributed by atoms with Crippen LogP contribution in [0.2, 0.25) is 5.02 Å². The molecule has 6 rings (SSSR count). The van der Waals surface area contributed by atoms with Crippen LogP contribution < -0.4 is 4.90 Å². The normalized spacial score (nSPS) is 13.5. The molecule has 0 bridgehead atoms. The Kier molecular flexibility index (Phi) is 8.00. The second-order valence-electron chi connectivity index (χ2n) is 9.22. The van der Waals surface area contributed by atoms with Crippen molar-refractivity contribution in [3.63, 3.8) is 0 Å². The molecule has 1 aliphatic rings. The molecular weight excluding hydrogens is 586 g/mol. The van der Waals surface area contributed by atoms with Crippen LogP contribution in [0.25, 0.3) is 17.1 Å². The van der Waals surface area contributed by atoms with E-state index in [4.69, 9.17) is 11.6 Å². The SMILES string of the molecule is O=C(c1csc(CSc2nnc(-c3ccccc3Cl)n2-c2ccccc2F)n1)N1CCN(c2ccccc2F)CC1. The van der Waals surface area contributed by atoms with Gasteiger partial charge in [0.05, 0.1) is 22.2 Å². The van der Waals surface area contributed by atoms with E-state index in [0.29, 0.717) is 70.6 Å². The van der Waals surface area contributed by atoms with E-state index in [1.807, 2.05) is 23.1 Å². The summed E-state index contributed by atoms with van der Waals surface area (Å²) in [6.07, 6.45) is 0. The van der Waals surface area contributed by atoms with Crippen molar-refractivity contribution in [2.45, 2.75) is 10.9 Å². The first kappa shape index (κ1) is 27.4. The average Bonchev–Trinajstić information content (AvgIpc) is 3.64. The Morgan fingerprint density at radius 2 is 1.54 bits per heavy atom. The smallest absolute Gasteiger partial charge is 0.273 e. The lowest BCUT2D eigenvalue weighted by molar-refractivity contribution is 0.0741. The molecule has 1 amide bonds. The van der Waals surface area contributed by atoms with Crippen LogP contribution in [0.5, 0.6) is 0 Å². The molecule has 0 aliphatic carbocycles. The van der Waals surface area contributed by atoms with Crippen LogP contribution in [-0.2, 0) is 5.75 Å². The molecule has 12 heteroatoms. The van der Waals surface area contributed by atoms with Gasteiger partial charge in [0, 0.05) is 37.1 Å². The molecule has 41 heavy (non-hydrogen) atoms. The second kappa shape index (κ2) is 12.0. The minimum Gasteiger partial charge on any atom is -0.366 e. The van der Waals surface area contributed by atoms with Gasteiger partial charge in [-0.25, -0.2) is 13.8 Å². The van der Waals surface area contributed by atoms with E-state index < -0.39 is 5.82 Å². The predicted molar refractivity (Wildman–Crippen MR) is 158 cm³/mol. The molecule has 0 N–H and O–H groups in total. The van der Waals surface area contributed by atoms with E-state index in [9.17, 15) is 13.6 Å². The fraction of sp³-hybridized carbons (Fsp3) is 0.172. The van der Waals surface area contributed by atoms with Crippen molar-refractivity contribution < 1.29 is 13.6 Å². The Morgan fingerprint density at radius 3 is 2.24 bits per heavy atom. The van der Waals surface area contributed by atoms with Crippen LogP contribution in [0, 0.1) is 11.6 Å². The number of carbonyl (C=O) groups excluding carboxylic acids is 1. The van der Waals surface area contributed by atoms with Crippen molar-refractivity contribution in [1.82, 2.24) is 24.6 Å². The quantitative estimate of drug-likeness (QED) is 0.195. The Morgan fingerprint density at radius 1 is 0.878 bits per heavy atom. The monoisotopic (exact) mass is 608 g/mol. The number of hydrogen-bond donors (Lipinski definition) is 0. The molecule has 208 valence electrons. The van der Waals surface area contributed by atoms with E-state index >= 15 is 0 Å². The number of rotatable bonds is 7. The highest BCUT2D eigenvalue weighted by molar-refractivity contribution is 7.98. The van der Waals surface area contributed by atoms with E-state index in [2.05, 4.69) is 15.2 Å². The zero-order valence-corrected chi connectivity index (χ0v) is 24.0. The molecule has 7 nitrogen and oxygen atoms in total. The van der Waals surface area contributed by atoms with Crippen LogP contribution in [0.3, 0.4) is 0 Å². The van der Waals surface area contributed by atoms with E-state index in [1.165, 1.54) is 35.2 Å². The summed E-state index contributed by atoms with van der Waals surface area (Å²) in [5.41, 5.74) is 1.86. The molecule has 1 aliphatic heterocycles. The van der Waals surface area contributed by atoms with Crippen molar-refractivity contribution in [2.75, 3.05) is 31.1 Å². The number of carbonyl (C=O) groups is 1. The fourth-order valence-corrected chi connectivity index (χ4v) is 6.60.